The molecule has 0 aliphatic heterocycles. The molecular formula is C17H25NO2S. The van der Waals surface area contributed by atoms with E-state index in [0.29, 0.717) is 25.2 Å². The summed E-state index contributed by atoms with van der Waals surface area (Å²) < 4.78 is 5.92. The number of nitrogens with one attached hydrogen (secondary N) is 1. The fourth-order valence-electron chi connectivity index (χ4n) is 2.83. The molecule has 0 unspecified atom stereocenters. The number of ether oxygens (including phenoxy) is 1. The molecule has 1 amide bonds. The van der Waals surface area contributed by atoms with Crippen molar-refractivity contribution in [2.75, 3.05) is 19.4 Å². The summed E-state index contributed by atoms with van der Waals surface area (Å²) in [5.74, 6) is 0.631. The largest absolute Gasteiger partial charge is 0.376 e. The number of hydrogen-bond donors (Lipinski definition) is 1. The average molecular weight is 307 g/mol. The van der Waals surface area contributed by atoms with Crippen LogP contribution < -0.4 is 5.32 Å². The van der Waals surface area contributed by atoms with Gasteiger partial charge in [0.1, 0.15) is 0 Å². The highest BCUT2D eigenvalue weighted by atomic mass is 32.2. The second-order valence-corrected chi connectivity index (χ2v) is 6.48. The van der Waals surface area contributed by atoms with Crippen LogP contribution in [-0.4, -0.2) is 31.4 Å². The maximum Gasteiger partial charge on any atom is 0.252 e. The molecule has 4 heteroatoms. The Labute approximate surface area is 131 Å². The third kappa shape index (κ3) is 4.75. The van der Waals surface area contributed by atoms with Gasteiger partial charge in [0.25, 0.3) is 5.91 Å². The van der Waals surface area contributed by atoms with Crippen molar-refractivity contribution in [2.24, 2.45) is 5.92 Å². The average Bonchev–Trinajstić information content (AvgIpc) is 2.52. The topological polar surface area (TPSA) is 38.3 Å². The van der Waals surface area contributed by atoms with Crippen molar-refractivity contribution < 1.29 is 9.53 Å². The van der Waals surface area contributed by atoms with E-state index in [-0.39, 0.29) is 5.91 Å². The van der Waals surface area contributed by atoms with E-state index in [1.807, 2.05) is 30.5 Å². The number of thioether (sulfide) groups is 1. The van der Waals surface area contributed by atoms with Gasteiger partial charge in [-0.3, -0.25) is 4.79 Å². The summed E-state index contributed by atoms with van der Waals surface area (Å²) in [5.41, 5.74) is 0.746. The van der Waals surface area contributed by atoms with Crippen molar-refractivity contribution in [3.05, 3.63) is 29.8 Å². The number of hydrogen-bond acceptors (Lipinski definition) is 3. The summed E-state index contributed by atoms with van der Waals surface area (Å²) in [5, 5.41) is 2.95. The van der Waals surface area contributed by atoms with E-state index in [2.05, 4.69) is 12.2 Å². The highest BCUT2D eigenvalue weighted by Gasteiger charge is 2.21. The monoisotopic (exact) mass is 307 g/mol. The van der Waals surface area contributed by atoms with Gasteiger partial charge in [0.15, 0.2) is 0 Å². The van der Waals surface area contributed by atoms with Crippen LogP contribution in [0, 0.1) is 5.92 Å². The van der Waals surface area contributed by atoms with Gasteiger partial charge < -0.3 is 10.1 Å². The summed E-state index contributed by atoms with van der Waals surface area (Å²) in [6.07, 6.45) is 7.36. The predicted molar refractivity (Wildman–Crippen MR) is 87.9 cm³/mol. The van der Waals surface area contributed by atoms with Crippen LogP contribution in [0.4, 0.5) is 0 Å². The highest BCUT2D eigenvalue weighted by molar-refractivity contribution is 7.98. The first-order valence-corrected chi connectivity index (χ1v) is 8.97. The molecule has 3 nitrogen and oxygen atoms in total. The van der Waals surface area contributed by atoms with Crippen molar-refractivity contribution in [1.82, 2.24) is 5.32 Å². The molecule has 1 aliphatic carbocycles. The van der Waals surface area contributed by atoms with Crippen molar-refractivity contribution in [2.45, 2.75) is 43.6 Å². The Kier molecular flexibility index (Phi) is 6.58. The quantitative estimate of drug-likeness (QED) is 0.643. The Morgan fingerprint density at radius 2 is 2.10 bits per heavy atom. The van der Waals surface area contributed by atoms with Crippen molar-refractivity contribution in [3.63, 3.8) is 0 Å². The van der Waals surface area contributed by atoms with Crippen LogP contribution in [0.2, 0.25) is 0 Å². The first-order chi connectivity index (χ1) is 10.2. The summed E-state index contributed by atoms with van der Waals surface area (Å²) in [6, 6.07) is 7.69. The maximum atomic E-state index is 12.2. The normalized spacial score (nSPS) is 22.0. The molecule has 1 aromatic rings. The van der Waals surface area contributed by atoms with Crippen LogP contribution >= 0.6 is 11.8 Å². The molecule has 21 heavy (non-hydrogen) atoms. The minimum atomic E-state index is -0.0137. The smallest absolute Gasteiger partial charge is 0.252 e. The van der Waals surface area contributed by atoms with Crippen LogP contribution in [0.1, 0.15) is 43.0 Å². The van der Waals surface area contributed by atoms with Crippen LogP contribution in [0.15, 0.2) is 29.2 Å². The Bertz CT molecular complexity index is 464. The minimum Gasteiger partial charge on any atom is -0.376 e. The van der Waals surface area contributed by atoms with Crippen LogP contribution in [0.3, 0.4) is 0 Å². The standard InChI is InChI=1S/C17H25NO2S/c1-13-7-3-5-9-15(13)20-12-11-18-17(19)14-8-4-6-10-16(14)21-2/h4,6,8,10,13,15H,3,5,7,9,11-12H2,1-2H3,(H,18,19)/t13-,15-/m0/s1. The number of carbonyl (C=O) groups excluding carboxylic acids is 1. The van der Waals surface area contributed by atoms with Gasteiger partial charge in [-0.1, -0.05) is 31.9 Å². The zero-order chi connectivity index (χ0) is 15.1. The lowest BCUT2D eigenvalue weighted by Gasteiger charge is -2.28. The lowest BCUT2D eigenvalue weighted by Crippen LogP contribution is -2.32. The Hall–Kier alpha value is -1.00. The fraction of sp³-hybridized carbons (Fsp3) is 0.588. The highest BCUT2D eigenvalue weighted by Crippen LogP contribution is 2.26. The molecule has 1 saturated carbocycles. The van der Waals surface area contributed by atoms with E-state index in [9.17, 15) is 4.79 Å². The molecule has 1 aliphatic rings. The van der Waals surface area contributed by atoms with Gasteiger partial charge in [-0.25, -0.2) is 0 Å². The molecule has 1 aromatic carbocycles. The van der Waals surface area contributed by atoms with E-state index in [1.165, 1.54) is 19.3 Å². The molecule has 0 heterocycles. The molecule has 2 rings (SSSR count). The number of amides is 1. The zero-order valence-electron chi connectivity index (χ0n) is 12.9. The molecular weight excluding hydrogens is 282 g/mol. The second kappa shape index (κ2) is 8.44. The van der Waals surface area contributed by atoms with Gasteiger partial charge in [0.2, 0.25) is 0 Å². The van der Waals surface area contributed by atoms with E-state index < -0.39 is 0 Å². The van der Waals surface area contributed by atoms with Gasteiger partial charge >= 0.3 is 0 Å². The van der Waals surface area contributed by atoms with E-state index in [4.69, 9.17) is 4.74 Å². The first kappa shape index (κ1) is 16.4. The molecule has 0 saturated heterocycles. The maximum absolute atomic E-state index is 12.2. The van der Waals surface area contributed by atoms with Gasteiger partial charge in [0, 0.05) is 11.4 Å². The molecule has 2 atom stereocenters. The summed E-state index contributed by atoms with van der Waals surface area (Å²) in [4.78, 5) is 13.2. The Morgan fingerprint density at radius 3 is 2.86 bits per heavy atom. The van der Waals surface area contributed by atoms with Gasteiger partial charge in [-0.15, -0.1) is 11.8 Å². The fourth-order valence-corrected chi connectivity index (χ4v) is 3.43. The molecule has 0 bridgehead atoms. The number of carbonyl (C=O) groups is 1. The van der Waals surface area contributed by atoms with Crippen molar-refractivity contribution >= 4 is 17.7 Å². The van der Waals surface area contributed by atoms with E-state index >= 15 is 0 Å². The third-order valence-corrected chi connectivity index (χ3v) is 4.90. The molecule has 1 fully saturated rings. The van der Waals surface area contributed by atoms with E-state index in [0.717, 1.165) is 16.9 Å². The van der Waals surface area contributed by atoms with E-state index in [1.54, 1.807) is 11.8 Å². The summed E-state index contributed by atoms with van der Waals surface area (Å²) >= 11 is 1.59. The van der Waals surface area contributed by atoms with Crippen molar-refractivity contribution in [1.29, 1.82) is 0 Å². The second-order valence-electron chi connectivity index (χ2n) is 5.63. The molecule has 1 N–H and O–H groups in total. The number of rotatable bonds is 6. The number of benzene rings is 1. The third-order valence-electron chi connectivity index (χ3n) is 4.10. The van der Waals surface area contributed by atoms with Gasteiger partial charge in [-0.05, 0) is 37.1 Å². The van der Waals surface area contributed by atoms with Crippen LogP contribution in [0.5, 0.6) is 0 Å². The molecule has 0 aromatic heterocycles. The molecule has 0 spiro atoms. The predicted octanol–water partition coefficient (Wildman–Crippen LogP) is 3.73. The Balaban J connectivity index is 1.74. The van der Waals surface area contributed by atoms with Crippen LogP contribution in [0.25, 0.3) is 0 Å². The lowest BCUT2D eigenvalue weighted by molar-refractivity contribution is -0.00294. The minimum absolute atomic E-state index is 0.0137. The van der Waals surface area contributed by atoms with Gasteiger partial charge in [-0.2, -0.15) is 0 Å². The first-order valence-electron chi connectivity index (χ1n) is 7.75. The molecule has 0 radical (unpaired) electrons. The van der Waals surface area contributed by atoms with Gasteiger partial charge in [0.05, 0.1) is 18.3 Å². The SMILES string of the molecule is CSc1ccccc1C(=O)NCCO[C@H]1CCCC[C@@H]1C. The van der Waals surface area contributed by atoms with Crippen molar-refractivity contribution in [3.8, 4) is 0 Å². The summed E-state index contributed by atoms with van der Waals surface area (Å²) in [6.45, 7) is 3.43. The van der Waals surface area contributed by atoms with Crippen LogP contribution in [-0.2, 0) is 4.74 Å². The zero-order valence-corrected chi connectivity index (χ0v) is 13.7. The lowest BCUT2D eigenvalue weighted by atomic mass is 9.88. The summed E-state index contributed by atoms with van der Waals surface area (Å²) in [7, 11) is 0. The molecule has 116 valence electrons. The Morgan fingerprint density at radius 1 is 1.33 bits per heavy atom.